The number of rotatable bonds is 2. The van der Waals surface area contributed by atoms with Crippen LogP contribution < -0.4 is 5.32 Å². The molecule has 0 saturated carbocycles. The van der Waals surface area contributed by atoms with Crippen LogP contribution in [0, 0.1) is 5.92 Å². The summed E-state index contributed by atoms with van der Waals surface area (Å²) in [4.78, 5) is 6.56. The predicted molar refractivity (Wildman–Crippen MR) is 80.2 cm³/mol. The Balaban J connectivity index is 2.06. The van der Waals surface area contributed by atoms with Gasteiger partial charge < -0.3 is 10.2 Å². The van der Waals surface area contributed by atoms with E-state index >= 15 is 0 Å². The molecule has 0 spiro atoms. The topological polar surface area (TPSA) is 28.2 Å². The predicted octanol–water partition coefficient (Wildman–Crippen LogP) is 3.64. The lowest BCUT2D eigenvalue weighted by Crippen LogP contribution is -2.48. The minimum Gasteiger partial charge on any atom is -0.381 e. The summed E-state index contributed by atoms with van der Waals surface area (Å²) in [6.45, 7) is 5.69. The second kappa shape index (κ2) is 5.76. The molecule has 5 heteroatoms. The van der Waals surface area contributed by atoms with Crippen molar-refractivity contribution in [3.8, 4) is 0 Å². The average molecular weight is 333 g/mol. The molecule has 1 aromatic rings. The van der Waals surface area contributed by atoms with Gasteiger partial charge in [-0.05, 0) is 48.3 Å². The Labute approximate surface area is 122 Å². The molecule has 0 bridgehead atoms. The highest BCUT2D eigenvalue weighted by Gasteiger charge is 2.28. The van der Waals surface area contributed by atoms with Gasteiger partial charge in [0.1, 0.15) is 5.15 Å². The largest absolute Gasteiger partial charge is 0.381 e. The van der Waals surface area contributed by atoms with Gasteiger partial charge in [-0.15, -0.1) is 0 Å². The van der Waals surface area contributed by atoms with Gasteiger partial charge in [0.15, 0.2) is 0 Å². The average Bonchev–Trinajstić information content (AvgIpc) is 2.31. The zero-order valence-corrected chi connectivity index (χ0v) is 13.3. The van der Waals surface area contributed by atoms with Crippen molar-refractivity contribution in [3.05, 3.63) is 21.9 Å². The van der Waals surface area contributed by atoms with Crippen LogP contribution in [-0.4, -0.2) is 35.6 Å². The molecule has 3 unspecified atom stereocenters. The van der Waals surface area contributed by atoms with E-state index in [2.05, 4.69) is 52.0 Å². The van der Waals surface area contributed by atoms with Gasteiger partial charge in [-0.1, -0.05) is 18.5 Å². The third-order valence-electron chi connectivity index (χ3n) is 3.76. The van der Waals surface area contributed by atoms with Gasteiger partial charge in [-0.25, -0.2) is 4.98 Å². The normalized spacial score (nSPS) is 29.3. The first kappa shape index (κ1) is 14.1. The first-order valence-electron chi connectivity index (χ1n) is 6.25. The molecule has 1 aliphatic heterocycles. The zero-order chi connectivity index (χ0) is 13.3. The molecule has 1 aliphatic rings. The molecule has 1 aromatic heterocycles. The molecule has 2 rings (SSSR count). The first-order chi connectivity index (χ1) is 8.47. The third kappa shape index (κ3) is 3.16. The minimum absolute atomic E-state index is 0.492. The molecule has 18 heavy (non-hydrogen) atoms. The van der Waals surface area contributed by atoms with E-state index in [1.807, 2.05) is 6.07 Å². The lowest BCUT2D eigenvalue weighted by molar-refractivity contribution is 0.145. The molecule has 0 aromatic carbocycles. The zero-order valence-electron chi connectivity index (χ0n) is 11.0. The standard InChI is InChI=1S/C13H19BrClN3/c1-8-7-18(3)9(2)4-12(8)17-10-5-11(14)13(15)16-6-10/h5-6,8-9,12,17H,4,7H2,1-3H3. The number of halogens is 2. The maximum absolute atomic E-state index is 5.90. The molecule has 0 amide bonds. The fourth-order valence-electron chi connectivity index (χ4n) is 2.46. The number of nitrogens with zero attached hydrogens (tertiary/aromatic N) is 2. The summed E-state index contributed by atoms with van der Waals surface area (Å²) in [5, 5.41) is 4.08. The number of hydrogen-bond donors (Lipinski definition) is 1. The number of piperidine rings is 1. The Morgan fingerprint density at radius 3 is 2.89 bits per heavy atom. The Kier molecular flexibility index (Phi) is 4.51. The van der Waals surface area contributed by atoms with Gasteiger partial charge in [-0.2, -0.15) is 0 Å². The quantitative estimate of drug-likeness (QED) is 0.838. The maximum atomic E-state index is 5.90. The van der Waals surface area contributed by atoms with Gasteiger partial charge in [-0.3, -0.25) is 0 Å². The van der Waals surface area contributed by atoms with Crippen LogP contribution in [0.4, 0.5) is 5.69 Å². The number of aromatic nitrogens is 1. The van der Waals surface area contributed by atoms with Gasteiger partial charge in [0.25, 0.3) is 0 Å². The summed E-state index contributed by atoms with van der Waals surface area (Å²) in [5.74, 6) is 0.626. The fourth-order valence-corrected chi connectivity index (χ4v) is 2.91. The smallest absolute Gasteiger partial charge is 0.143 e. The van der Waals surface area contributed by atoms with Crippen LogP contribution in [0.25, 0.3) is 0 Å². The van der Waals surface area contributed by atoms with Gasteiger partial charge in [0.05, 0.1) is 16.4 Å². The van der Waals surface area contributed by atoms with Crippen LogP contribution in [0.15, 0.2) is 16.7 Å². The third-order valence-corrected chi connectivity index (χ3v) is 4.89. The van der Waals surface area contributed by atoms with E-state index in [0.717, 1.165) is 23.1 Å². The molecular formula is C13H19BrClN3. The number of pyridine rings is 1. The number of hydrogen-bond acceptors (Lipinski definition) is 3. The van der Waals surface area contributed by atoms with Crippen LogP contribution in [0.5, 0.6) is 0 Å². The number of anilines is 1. The molecule has 3 nitrogen and oxygen atoms in total. The van der Waals surface area contributed by atoms with E-state index < -0.39 is 0 Å². The Hall–Kier alpha value is -0.320. The molecule has 3 atom stereocenters. The van der Waals surface area contributed by atoms with Crippen molar-refractivity contribution in [2.24, 2.45) is 5.92 Å². The molecule has 0 radical (unpaired) electrons. The molecule has 1 fully saturated rings. The lowest BCUT2D eigenvalue weighted by Gasteiger charge is -2.40. The highest BCUT2D eigenvalue weighted by Crippen LogP contribution is 2.27. The van der Waals surface area contributed by atoms with Crippen molar-refractivity contribution in [1.82, 2.24) is 9.88 Å². The summed E-state index contributed by atoms with van der Waals surface area (Å²) in [6.07, 6.45) is 2.95. The highest BCUT2D eigenvalue weighted by atomic mass is 79.9. The van der Waals surface area contributed by atoms with Crippen LogP contribution >= 0.6 is 27.5 Å². The number of likely N-dealkylation sites (tertiary alicyclic amines) is 1. The molecule has 1 N–H and O–H groups in total. The van der Waals surface area contributed by atoms with Crippen molar-refractivity contribution in [3.63, 3.8) is 0 Å². The van der Waals surface area contributed by atoms with E-state index in [1.165, 1.54) is 0 Å². The van der Waals surface area contributed by atoms with E-state index in [-0.39, 0.29) is 0 Å². The van der Waals surface area contributed by atoms with Crippen LogP contribution in [-0.2, 0) is 0 Å². The summed E-state index contributed by atoms with van der Waals surface area (Å²) < 4.78 is 0.836. The molecule has 0 aliphatic carbocycles. The molecular weight excluding hydrogens is 314 g/mol. The molecule has 100 valence electrons. The van der Waals surface area contributed by atoms with Crippen molar-refractivity contribution in [2.45, 2.75) is 32.4 Å². The summed E-state index contributed by atoms with van der Waals surface area (Å²) in [6, 6.07) is 3.10. The van der Waals surface area contributed by atoms with Crippen molar-refractivity contribution >= 4 is 33.2 Å². The summed E-state index contributed by atoms with van der Waals surface area (Å²) >= 11 is 9.31. The van der Waals surface area contributed by atoms with Gasteiger partial charge in [0.2, 0.25) is 0 Å². The Morgan fingerprint density at radius 1 is 1.50 bits per heavy atom. The van der Waals surface area contributed by atoms with Crippen LogP contribution in [0.3, 0.4) is 0 Å². The first-order valence-corrected chi connectivity index (χ1v) is 7.42. The Morgan fingerprint density at radius 2 is 2.22 bits per heavy atom. The van der Waals surface area contributed by atoms with E-state index in [4.69, 9.17) is 11.6 Å². The van der Waals surface area contributed by atoms with Crippen molar-refractivity contribution in [2.75, 3.05) is 18.9 Å². The second-order valence-corrected chi connectivity index (χ2v) is 6.46. The van der Waals surface area contributed by atoms with Crippen LogP contribution in [0.2, 0.25) is 5.15 Å². The Bertz CT molecular complexity index is 427. The maximum Gasteiger partial charge on any atom is 0.143 e. The highest BCUT2D eigenvalue weighted by molar-refractivity contribution is 9.10. The monoisotopic (exact) mass is 331 g/mol. The lowest BCUT2D eigenvalue weighted by atomic mass is 9.90. The number of nitrogens with one attached hydrogen (secondary N) is 1. The SMILES string of the molecule is CC1CN(C)C(C)CC1Nc1cnc(Cl)c(Br)c1. The van der Waals surface area contributed by atoms with E-state index in [9.17, 15) is 0 Å². The second-order valence-electron chi connectivity index (χ2n) is 5.25. The van der Waals surface area contributed by atoms with Gasteiger partial charge >= 0.3 is 0 Å². The van der Waals surface area contributed by atoms with Crippen molar-refractivity contribution in [1.29, 1.82) is 0 Å². The van der Waals surface area contributed by atoms with Gasteiger partial charge in [0, 0.05) is 18.6 Å². The fraction of sp³-hybridized carbons (Fsp3) is 0.615. The minimum atomic E-state index is 0.492. The molecule has 1 saturated heterocycles. The van der Waals surface area contributed by atoms with Crippen molar-refractivity contribution < 1.29 is 0 Å². The van der Waals surface area contributed by atoms with E-state index in [1.54, 1.807) is 6.20 Å². The van der Waals surface area contributed by atoms with Crippen LogP contribution in [0.1, 0.15) is 20.3 Å². The summed E-state index contributed by atoms with van der Waals surface area (Å²) in [7, 11) is 2.19. The van der Waals surface area contributed by atoms with E-state index in [0.29, 0.717) is 23.2 Å². The molecule has 2 heterocycles. The summed E-state index contributed by atoms with van der Waals surface area (Å²) in [5.41, 5.74) is 1.03.